The Kier molecular flexibility index (Phi) is 5.73. The molecule has 2 aromatic heterocycles. The van der Waals surface area contributed by atoms with Gasteiger partial charge >= 0.3 is 5.97 Å². The van der Waals surface area contributed by atoms with Crippen molar-refractivity contribution in [1.29, 1.82) is 0 Å². The monoisotopic (exact) mass is 362 g/mol. The molecule has 0 aliphatic carbocycles. The summed E-state index contributed by atoms with van der Waals surface area (Å²) in [6.45, 7) is -0.182. The molecule has 2 heterocycles. The number of rotatable bonds is 6. The van der Waals surface area contributed by atoms with Gasteiger partial charge in [0, 0.05) is 35.8 Å². The number of benzene rings is 1. The van der Waals surface area contributed by atoms with E-state index in [4.69, 9.17) is 0 Å². The molecule has 27 heavy (non-hydrogen) atoms. The zero-order valence-corrected chi connectivity index (χ0v) is 14.7. The van der Waals surface area contributed by atoms with E-state index in [1.54, 1.807) is 23.2 Å². The van der Waals surface area contributed by atoms with Crippen molar-refractivity contribution < 1.29 is 14.3 Å². The molecule has 3 rings (SSSR count). The third-order valence-corrected chi connectivity index (χ3v) is 3.75. The molecule has 0 aliphatic rings. The average Bonchev–Trinajstić information content (AvgIpc) is 3.16. The predicted octanol–water partition coefficient (Wildman–Crippen LogP) is 2.24. The minimum Gasteiger partial charge on any atom is -0.468 e. The second-order valence-corrected chi connectivity index (χ2v) is 5.58. The van der Waals surface area contributed by atoms with Gasteiger partial charge in [0.25, 0.3) is 0 Å². The second kappa shape index (κ2) is 8.57. The lowest BCUT2D eigenvalue weighted by Crippen LogP contribution is -2.28. The number of amides is 1. The van der Waals surface area contributed by atoms with Gasteiger partial charge in [-0.25, -0.2) is 4.68 Å². The van der Waals surface area contributed by atoms with Crippen molar-refractivity contribution in [2.75, 3.05) is 13.7 Å². The Morgan fingerprint density at radius 3 is 2.70 bits per heavy atom. The van der Waals surface area contributed by atoms with E-state index in [1.807, 2.05) is 48.7 Å². The van der Waals surface area contributed by atoms with E-state index in [0.29, 0.717) is 5.69 Å². The first kappa shape index (κ1) is 18.1. The summed E-state index contributed by atoms with van der Waals surface area (Å²) in [7, 11) is 1.27. The van der Waals surface area contributed by atoms with Crippen molar-refractivity contribution in [2.24, 2.45) is 0 Å². The van der Waals surface area contributed by atoms with Gasteiger partial charge in [-0.2, -0.15) is 5.10 Å². The van der Waals surface area contributed by atoms with E-state index in [1.165, 1.54) is 13.2 Å². The van der Waals surface area contributed by atoms with Gasteiger partial charge < -0.3 is 10.1 Å². The van der Waals surface area contributed by atoms with Gasteiger partial charge in [0.05, 0.1) is 12.8 Å². The van der Waals surface area contributed by atoms with E-state index < -0.39 is 11.9 Å². The number of methoxy groups -OCH3 is 1. The number of esters is 1. The molecule has 0 atom stereocenters. The van der Waals surface area contributed by atoms with Crippen LogP contribution < -0.4 is 5.32 Å². The zero-order valence-electron chi connectivity index (χ0n) is 14.7. The lowest BCUT2D eigenvalue weighted by Gasteiger charge is -2.00. The quantitative estimate of drug-likeness (QED) is 0.537. The molecule has 1 aromatic carbocycles. The number of nitrogens with one attached hydrogen (secondary N) is 1. The van der Waals surface area contributed by atoms with Crippen molar-refractivity contribution in [3.63, 3.8) is 0 Å². The van der Waals surface area contributed by atoms with E-state index in [0.717, 1.165) is 16.8 Å². The van der Waals surface area contributed by atoms with Crippen LogP contribution in [-0.2, 0) is 14.3 Å². The molecule has 136 valence electrons. The zero-order chi connectivity index (χ0) is 19.1. The summed E-state index contributed by atoms with van der Waals surface area (Å²) in [5, 5.41) is 7.10. The average molecular weight is 362 g/mol. The Morgan fingerprint density at radius 2 is 2.00 bits per heavy atom. The molecule has 7 heteroatoms. The van der Waals surface area contributed by atoms with Crippen LogP contribution in [0.3, 0.4) is 0 Å². The summed E-state index contributed by atoms with van der Waals surface area (Å²) >= 11 is 0. The molecule has 0 saturated carbocycles. The van der Waals surface area contributed by atoms with Crippen LogP contribution >= 0.6 is 0 Å². The van der Waals surface area contributed by atoms with E-state index in [2.05, 4.69) is 20.1 Å². The molecular formula is C20H18N4O3. The van der Waals surface area contributed by atoms with Crippen molar-refractivity contribution >= 4 is 18.0 Å². The fourth-order valence-corrected chi connectivity index (χ4v) is 2.41. The van der Waals surface area contributed by atoms with Gasteiger partial charge in [-0.1, -0.05) is 18.2 Å². The first-order chi connectivity index (χ1) is 13.2. The third-order valence-electron chi connectivity index (χ3n) is 3.75. The van der Waals surface area contributed by atoms with Crippen LogP contribution in [0.4, 0.5) is 0 Å². The highest BCUT2D eigenvalue weighted by Crippen LogP contribution is 2.24. The second-order valence-electron chi connectivity index (χ2n) is 5.58. The Balaban J connectivity index is 1.89. The smallest absolute Gasteiger partial charge is 0.325 e. The van der Waals surface area contributed by atoms with Gasteiger partial charge in [0.15, 0.2) is 0 Å². The molecule has 7 nitrogen and oxygen atoms in total. The van der Waals surface area contributed by atoms with Gasteiger partial charge in [0.2, 0.25) is 5.91 Å². The summed E-state index contributed by atoms with van der Waals surface area (Å²) < 4.78 is 6.24. The maximum Gasteiger partial charge on any atom is 0.325 e. The molecule has 0 spiro atoms. The summed E-state index contributed by atoms with van der Waals surface area (Å²) in [5.41, 5.74) is 3.18. The predicted molar refractivity (Wildman–Crippen MR) is 101 cm³/mol. The molecule has 1 N–H and O–H groups in total. The maximum absolute atomic E-state index is 11.9. The van der Waals surface area contributed by atoms with E-state index in [-0.39, 0.29) is 6.54 Å². The molecule has 0 unspecified atom stereocenters. The summed E-state index contributed by atoms with van der Waals surface area (Å²) in [6.07, 6.45) is 8.25. The van der Waals surface area contributed by atoms with Crippen LogP contribution in [0.15, 0.2) is 67.1 Å². The third kappa shape index (κ3) is 4.66. The maximum atomic E-state index is 11.9. The van der Waals surface area contributed by atoms with Crippen molar-refractivity contribution in [1.82, 2.24) is 20.1 Å². The van der Waals surface area contributed by atoms with Gasteiger partial charge in [-0.05, 0) is 30.3 Å². The molecule has 0 saturated heterocycles. The minimum atomic E-state index is -0.510. The first-order valence-electron chi connectivity index (χ1n) is 8.25. The minimum absolute atomic E-state index is 0.182. The summed E-state index contributed by atoms with van der Waals surface area (Å²) in [4.78, 5) is 27.2. The SMILES string of the molecule is COC(=O)CNC(=O)/C=C/c1cn(-c2ccccc2)nc1-c1cccnc1. The Bertz CT molecular complexity index is 950. The molecular weight excluding hydrogens is 344 g/mol. The van der Waals surface area contributed by atoms with Crippen LogP contribution in [0.2, 0.25) is 0 Å². The number of aromatic nitrogens is 3. The van der Waals surface area contributed by atoms with Gasteiger partial charge in [0.1, 0.15) is 12.2 Å². The van der Waals surface area contributed by atoms with Gasteiger partial charge in [-0.15, -0.1) is 0 Å². The van der Waals surface area contributed by atoms with Crippen LogP contribution in [0.5, 0.6) is 0 Å². The highest BCUT2D eigenvalue weighted by molar-refractivity contribution is 5.94. The number of carbonyl (C=O) groups excluding carboxylic acids is 2. The van der Waals surface area contributed by atoms with E-state index >= 15 is 0 Å². The highest BCUT2D eigenvalue weighted by atomic mass is 16.5. The van der Waals surface area contributed by atoms with Crippen molar-refractivity contribution in [3.05, 3.63) is 72.7 Å². The fraction of sp³-hybridized carbons (Fsp3) is 0.100. The van der Waals surface area contributed by atoms with Crippen LogP contribution in [0.25, 0.3) is 23.0 Å². The molecule has 0 fully saturated rings. The van der Waals surface area contributed by atoms with Crippen LogP contribution in [-0.4, -0.2) is 40.3 Å². The Hall–Kier alpha value is -3.74. The van der Waals surface area contributed by atoms with Crippen molar-refractivity contribution in [2.45, 2.75) is 0 Å². The molecule has 0 bridgehead atoms. The first-order valence-corrected chi connectivity index (χ1v) is 8.25. The fourth-order valence-electron chi connectivity index (χ4n) is 2.41. The topological polar surface area (TPSA) is 86.1 Å². The Morgan fingerprint density at radius 1 is 1.19 bits per heavy atom. The molecule has 1 amide bonds. The highest BCUT2D eigenvalue weighted by Gasteiger charge is 2.11. The number of hydrogen-bond acceptors (Lipinski definition) is 5. The summed E-state index contributed by atoms with van der Waals surface area (Å²) in [6, 6.07) is 13.4. The van der Waals surface area contributed by atoms with Crippen LogP contribution in [0.1, 0.15) is 5.56 Å². The molecule has 0 aliphatic heterocycles. The standard InChI is InChI=1S/C20H18N4O3/c1-27-19(26)13-22-18(25)10-9-16-14-24(17-7-3-2-4-8-17)23-20(16)15-6-5-11-21-12-15/h2-12,14H,13H2,1H3,(H,22,25)/b10-9+. The van der Waals surface area contributed by atoms with E-state index in [9.17, 15) is 9.59 Å². The number of nitrogens with zero attached hydrogens (tertiary/aromatic N) is 3. The molecule has 0 radical (unpaired) electrons. The van der Waals surface area contributed by atoms with Crippen LogP contribution in [0, 0.1) is 0 Å². The lowest BCUT2D eigenvalue weighted by molar-refractivity contribution is -0.140. The summed E-state index contributed by atoms with van der Waals surface area (Å²) in [5.74, 6) is -0.908. The number of carbonyl (C=O) groups is 2. The Labute approximate surface area is 156 Å². The number of para-hydroxylation sites is 1. The normalized spacial score (nSPS) is 10.7. The molecule has 3 aromatic rings. The van der Waals surface area contributed by atoms with Crippen molar-refractivity contribution in [3.8, 4) is 16.9 Å². The largest absolute Gasteiger partial charge is 0.468 e. The number of pyridine rings is 1. The van der Waals surface area contributed by atoms with Gasteiger partial charge in [-0.3, -0.25) is 14.6 Å². The number of hydrogen-bond donors (Lipinski definition) is 1. The lowest BCUT2D eigenvalue weighted by atomic mass is 10.1. The number of ether oxygens (including phenoxy) is 1.